The van der Waals surface area contributed by atoms with Crippen molar-refractivity contribution in [1.29, 1.82) is 0 Å². The van der Waals surface area contributed by atoms with Crippen LogP contribution < -0.4 is 15.0 Å². The zero-order valence-electron chi connectivity index (χ0n) is 16.5. The molecule has 1 saturated heterocycles. The summed E-state index contributed by atoms with van der Waals surface area (Å²) in [6.45, 7) is 4.09. The van der Waals surface area contributed by atoms with Crippen molar-refractivity contribution in [3.8, 4) is 5.75 Å². The molecular weight excluding hydrogens is 372 g/mol. The molecule has 3 rings (SSSR count). The summed E-state index contributed by atoms with van der Waals surface area (Å²) in [7, 11) is 0. The Morgan fingerprint density at radius 2 is 1.90 bits per heavy atom. The van der Waals surface area contributed by atoms with Crippen molar-refractivity contribution in [2.45, 2.75) is 32.7 Å². The smallest absolute Gasteiger partial charge is 0.330 e. The number of anilines is 1. The zero-order chi connectivity index (χ0) is 21.0. The lowest BCUT2D eigenvalue weighted by molar-refractivity contribution is -0.142. The Morgan fingerprint density at radius 3 is 2.52 bits per heavy atom. The van der Waals surface area contributed by atoms with Crippen LogP contribution in [0.15, 0.2) is 42.5 Å². The van der Waals surface area contributed by atoms with Crippen molar-refractivity contribution in [2.24, 2.45) is 0 Å². The number of nitrogens with one attached hydrogen (secondary N) is 1. The first-order valence-corrected chi connectivity index (χ1v) is 9.47. The number of ether oxygens (including phenoxy) is 1. The van der Waals surface area contributed by atoms with Crippen LogP contribution in [0.1, 0.15) is 35.6 Å². The van der Waals surface area contributed by atoms with E-state index in [1.165, 1.54) is 0 Å². The van der Waals surface area contributed by atoms with Crippen molar-refractivity contribution < 1.29 is 24.2 Å². The molecule has 1 aliphatic heterocycles. The zero-order valence-corrected chi connectivity index (χ0v) is 16.5. The molecule has 2 amide bonds. The molecule has 0 bridgehead atoms. The number of carbonyl (C=O) groups is 3. The van der Waals surface area contributed by atoms with Crippen molar-refractivity contribution in [2.75, 3.05) is 18.1 Å². The van der Waals surface area contributed by atoms with Gasteiger partial charge in [0.2, 0.25) is 5.91 Å². The van der Waals surface area contributed by atoms with Gasteiger partial charge < -0.3 is 20.1 Å². The molecule has 1 aliphatic rings. The maximum absolute atomic E-state index is 12.3. The first kappa shape index (κ1) is 20.4. The lowest BCUT2D eigenvalue weighted by Gasteiger charge is -2.18. The molecule has 0 spiro atoms. The lowest BCUT2D eigenvalue weighted by atomic mass is 10.0. The molecule has 1 unspecified atom stereocenters. The van der Waals surface area contributed by atoms with Crippen LogP contribution in [0.4, 0.5) is 5.69 Å². The van der Waals surface area contributed by atoms with Gasteiger partial charge in [0.15, 0.2) is 12.6 Å². The van der Waals surface area contributed by atoms with Gasteiger partial charge in [0.1, 0.15) is 5.75 Å². The molecule has 0 radical (unpaired) electrons. The van der Waals surface area contributed by atoms with Crippen LogP contribution in [0, 0.1) is 13.8 Å². The molecule has 29 heavy (non-hydrogen) atoms. The average molecular weight is 396 g/mol. The van der Waals surface area contributed by atoms with E-state index in [1.807, 2.05) is 26.0 Å². The molecule has 2 aromatic rings. The van der Waals surface area contributed by atoms with Crippen molar-refractivity contribution >= 4 is 23.5 Å². The van der Waals surface area contributed by atoms with Gasteiger partial charge in [-0.2, -0.15) is 0 Å². The third-order valence-electron chi connectivity index (χ3n) is 4.70. The van der Waals surface area contributed by atoms with Crippen LogP contribution in [0.5, 0.6) is 5.75 Å². The third kappa shape index (κ3) is 5.13. The Morgan fingerprint density at radius 1 is 1.17 bits per heavy atom. The number of aryl methyl sites for hydroxylation is 2. The van der Waals surface area contributed by atoms with Gasteiger partial charge in [-0.25, -0.2) is 4.79 Å². The average Bonchev–Trinajstić information content (AvgIpc) is 3.09. The quantitative estimate of drug-likeness (QED) is 0.750. The van der Waals surface area contributed by atoms with Crippen LogP contribution in [0.2, 0.25) is 0 Å². The minimum Gasteiger partial charge on any atom is -0.484 e. The molecule has 2 aromatic carbocycles. The summed E-state index contributed by atoms with van der Waals surface area (Å²) in [5.41, 5.74) is 3.08. The number of carboxylic acid groups (broad SMARTS) is 1. The molecule has 0 aromatic heterocycles. The number of hydrogen-bond acceptors (Lipinski definition) is 4. The second-order valence-electron chi connectivity index (χ2n) is 7.19. The molecule has 1 fully saturated rings. The highest BCUT2D eigenvalue weighted by Crippen LogP contribution is 2.25. The second-order valence-corrected chi connectivity index (χ2v) is 7.19. The van der Waals surface area contributed by atoms with E-state index in [4.69, 9.17) is 4.74 Å². The molecule has 7 nitrogen and oxygen atoms in total. The van der Waals surface area contributed by atoms with Gasteiger partial charge in [-0.05, 0) is 38.0 Å². The second kappa shape index (κ2) is 8.77. The first-order valence-electron chi connectivity index (χ1n) is 9.47. The van der Waals surface area contributed by atoms with Crippen molar-refractivity contribution in [3.05, 3.63) is 59.2 Å². The van der Waals surface area contributed by atoms with E-state index in [0.29, 0.717) is 24.3 Å². The Hall–Kier alpha value is -3.35. The van der Waals surface area contributed by atoms with E-state index >= 15 is 0 Å². The summed E-state index contributed by atoms with van der Waals surface area (Å²) in [6, 6.07) is 11.2. The monoisotopic (exact) mass is 396 g/mol. The first-order chi connectivity index (χ1) is 13.8. The number of nitrogens with zero attached hydrogens (tertiary/aromatic N) is 1. The Balaban J connectivity index is 1.64. The van der Waals surface area contributed by atoms with Crippen LogP contribution in [0.25, 0.3) is 0 Å². The highest BCUT2D eigenvalue weighted by Gasteiger charge is 2.24. The van der Waals surface area contributed by atoms with Gasteiger partial charge >= 0.3 is 5.97 Å². The predicted molar refractivity (Wildman–Crippen MR) is 108 cm³/mol. The number of carboxylic acids is 1. The highest BCUT2D eigenvalue weighted by molar-refractivity contribution is 5.95. The van der Waals surface area contributed by atoms with Gasteiger partial charge in [-0.1, -0.05) is 35.4 Å². The van der Waals surface area contributed by atoms with Crippen LogP contribution >= 0.6 is 0 Å². The fourth-order valence-corrected chi connectivity index (χ4v) is 3.48. The van der Waals surface area contributed by atoms with Gasteiger partial charge in [-0.3, -0.25) is 9.59 Å². The molecule has 1 atom stereocenters. The van der Waals surface area contributed by atoms with Crippen LogP contribution in [-0.2, 0) is 14.4 Å². The minimum absolute atomic E-state index is 0.0673. The Bertz CT molecular complexity index is 920. The van der Waals surface area contributed by atoms with Crippen LogP contribution in [-0.4, -0.2) is 36.0 Å². The molecule has 0 saturated carbocycles. The maximum atomic E-state index is 12.3. The van der Waals surface area contributed by atoms with Gasteiger partial charge in [0.05, 0.1) is 0 Å². The summed E-state index contributed by atoms with van der Waals surface area (Å²) >= 11 is 0. The molecule has 0 aliphatic carbocycles. The fraction of sp³-hybridized carbons (Fsp3) is 0.318. The molecule has 7 heteroatoms. The number of amides is 2. The Labute approximate surface area is 169 Å². The summed E-state index contributed by atoms with van der Waals surface area (Å²) < 4.78 is 5.52. The number of rotatable bonds is 7. The topological polar surface area (TPSA) is 95.9 Å². The lowest BCUT2D eigenvalue weighted by Crippen LogP contribution is -2.36. The third-order valence-corrected chi connectivity index (χ3v) is 4.70. The van der Waals surface area contributed by atoms with Gasteiger partial charge in [0, 0.05) is 24.7 Å². The van der Waals surface area contributed by atoms with Crippen LogP contribution in [0.3, 0.4) is 0 Å². The maximum Gasteiger partial charge on any atom is 0.330 e. The largest absolute Gasteiger partial charge is 0.484 e. The standard InChI is InChI=1S/C22H24N2O5/c1-14-9-15(2)11-16(10-14)21(22(27)28)23-19(25)13-29-18-6-3-5-17(12-18)24-8-4-7-20(24)26/h3,5-6,9-12,21H,4,7-8,13H2,1-2H3,(H,23,25)(H,27,28). The summed E-state index contributed by atoms with van der Waals surface area (Å²) in [6.07, 6.45) is 1.35. The number of benzene rings is 2. The predicted octanol–water partition coefficient (Wildman–Crippen LogP) is 2.75. The number of hydrogen-bond donors (Lipinski definition) is 2. The minimum atomic E-state index is -1.15. The highest BCUT2D eigenvalue weighted by atomic mass is 16.5. The molecule has 1 heterocycles. The normalized spacial score (nSPS) is 14.6. The van der Waals surface area contributed by atoms with E-state index in [2.05, 4.69) is 5.32 Å². The summed E-state index contributed by atoms with van der Waals surface area (Å²) in [5.74, 6) is -1.18. The van der Waals surface area contributed by atoms with Crippen molar-refractivity contribution in [1.82, 2.24) is 5.32 Å². The summed E-state index contributed by atoms with van der Waals surface area (Å²) in [5, 5.41) is 12.0. The number of aliphatic carboxylic acids is 1. The Kier molecular flexibility index (Phi) is 6.16. The fourth-order valence-electron chi connectivity index (χ4n) is 3.48. The van der Waals surface area contributed by atoms with E-state index in [1.54, 1.807) is 35.2 Å². The van der Waals surface area contributed by atoms with E-state index in [-0.39, 0.29) is 12.5 Å². The summed E-state index contributed by atoms with van der Waals surface area (Å²) in [4.78, 5) is 37.5. The molecular formula is C22H24N2O5. The molecule has 152 valence electrons. The number of carbonyl (C=O) groups excluding carboxylic acids is 2. The van der Waals surface area contributed by atoms with Gasteiger partial charge in [0.25, 0.3) is 5.91 Å². The van der Waals surface area contributed by atoms with E-state index < -0.39 is 17.9 Å². The van der Waals surface area contributed by atoms with E-state index in [9.17, 15) is 19.5 Å². The van der Waals surface area contributed by atoms with E-state index in [0.717, 1.165) is 23.2 Å². The van der Waals surface area contributed by atoms with Gasteiger partial charge in [-0.15, -0.1) is 0 Å². The molecule has 2 N–H and O–H groups in total. The SMILES string of the molecule is Cc1cc(C)cc(C(NC(=O)COc2cccc(N3CCCC3=O)c2)C(=O)O)c1. The van der Waals surface area contributed by atoms with Crippen molar-refractivity contribution in [3.63, 3.8) is 0 Å².